The summed E-state index contributed by atoms with van der Waals surface area (Å²) in [5.41, 5.74) is 4.68. The quantitative estimate of drug-likeness (QED) is 0.562. The lowest BCUT2D eigenvalue weighted by atomic mass is 10.0. The fourth-order valence-electron chi connectivity index (χ4n) is 1.49. The van der Waals surface area contributed by atoms with E-state index in [0.29, 0.717) is 6.42 Å². The number of nitrogens with two attached hydrogens (primary N) is 1. The van der Waals surface area contributed by atoms with E-state index >= 15 is 0 Å². The fraction of sp³-hybridized carbons (Fsp3) is 0.800. The number of carbonyl (C=O) groups is 1. The molecule has 0 saturated heterocycles. The molecule has 1 unspecified atom stereocenters. The summed E-state index contributed by atoms with van der Waals surface area (Å²) in [7, 11) is -3.32. The van der Waals surface area contributed by atoms with Crippen molar-refractivity contribution >= 4 is 33.1 Å². The number of nitrogens with one attached hydrogen (secondary N) is 2. The number of carbonyl (C=O) groups excluding carboxylic acids is 1. The van der Waals surface area contributed by atoms with Crippen LogP contribution in [0.4, 0.5) is 0 Å². The predicted octanol–water partition coefficient (Wildman–Crippen LogP) is -0.257. The van der Waals surface area contributed by atoms with Gasteiger partial charge in [-0.05, 0) is 20.3 Å². The molecule has 0 aliphatic rings. The van der Waals surface area contributed by atoms with Gasteiger partial charge in [0, 0.05) is 12.1 Å². The van der Waals surface area contributed by atoms with Crippen LogP contribution in [0.2, 0.25) is 0 Å². The maximum Gasteiger partial charge on any atom is 0.229 e. The van der Waals surface area contributed by atoms with Crippen LogP contribution in [0.15, 0.2) is 0 Å². The van der Waals surface area contributed by atoms with Crippen molar-refractivity contribution in [3.8, 4) is 0 Å². The smallest absolute Gasteiger partial charge is 0.229 e. The zero-order chi connectivity index (χ0) is 14.6. The van der Waals surface area contributed by atoms with Gasteiger partial charge in [-0.25, -0.2) is 13.1 Å². The summed E-state index contributed by atoms with van der Waals surface area (Å²) in [6.07, 6.45) is 1.58. The predicted molar refractivity (Wildman–Crippen MR) is 75.6 cm³/mol. The van der Waals surface area contributed by atoms with Crippen molar-refractivity contribution in [2.24, 2.45) is 11.7 Å². The lowest BCUT2D eigenvalue weighted by Crippen LogP contribution is -2.52. The largest absolute Gasteiger partial charge is 0.393 e. The Morgan fingerprint density at radius 3 is 2.28 bits per heavy atom. The normalized spacial score (nSPS) is 14.0. The van der Waals surface area contributed by atoms with Crippen molar-refractivity contribution in [1.29, 1.82) is 0 Å². The monoisotopic (exact) mass is 295 g/mol. The third-order valence-corrected chi connectivity index (χ3v) is 3.44. The first-order chi connectivity index (χ1) is 7.98. The van der Waals surface area contributed by atoms with Gasteiger partial charge in [-0.3, -0.25) is 4.79 Å². The third kappa shape index (κ3) is 6.87. The van der Waals surface area contributed by atoms with E-state index in [-0.39, 0.29) is 17.4 Å². The summed E-state index contributed by atoms with van der Waals surface area (Å²) in [6, 6.07) is 0. The summed E-state index contributed by atoms with van der Waals surface area (Å²) < 4.78 is 24.7. The van der Waals surface area contributed by atoms with Crippen LogP contribution >= 0.6 is 12.2 Å². The summed E-state index contributed by atoms with van der Waals surface area (Å²) in [4.78, 5) is 11.9. The Morgan fingerprint density at radius 2 is 1.94 bits per heavy atom. The molecule has 0 spiro atoms. The summed E-state index contributed by atoms with van der Waals surface area (Å²) in [5, 5.41) is 2.64. The zero-order valence-electron chi connectivity index (χ0n) is 11.1. The highest BCUT2D eigenvalue weighted by Gasteiger charge is 2.25. The van der Waals surface area contributed by atoms with Crippen molar-refractivity contribution in [3.05, 3.63) is 0 Å². The molecular formula is C10H21N3O3S2. The highest BCUT2D eigenvalue weighted by molar-refractivity contribution is 7.88. The highest BCUT2D eigenvalue weighted by Crippen LogP contribution is 2.06. The van der Waals surface area contributed by atoms with Gasteiger partial charge < -0.3 is 11.1 Å². The summed E-state index contributed by atoms with van der Waals surface area (Å²) in [5.74, 6) is -0.803. The van der Waals surface area contributed by atoms with E-state index < -0.39 is 21.5 Å². The molecular weight excluding hydrogens is 274 g/mol. The van der Waals surface area contributed by atoms with Gasteiger partial charge in [-0.2, -0.15) is 0 Å². The first-order valence-corrected chi connectivity index (χ1v) is 7.84. The lowest BCUT2D eigenvalue weighted by Gasteiger charge is -2.26. The molecule has 106 valence electrons. The van der Waals surface area contributed by atoms with Gasteiger partial charge in [0.05, 0.1) is 17.2 Å². The Balaban J connectivity index is 4.48. The molecule has 1 amide bonds. The van der Waals surface area contributed by atoms with Crippen molar-refractivity contribution < 1.29 is 13.2 Å². The van der Waals surface area contributed by atoms with Gasteiger partial charge in [0.1, 0.15) is 0 Å². The molecule has 0 radical (unpaired) electrons. The van der Waals surface area contributed by atoms with Gasteiger partial charge in [0.25, 0.3) is 0 Å². The van der Waals surface area contributed by atoms with Crippen molar-refractivity contribution in [1.82, 2.24) is 10.0 Å². The van der Waals surface area contributed by atoms with E-state index in [4.69, 9.17) is 18.0 Å². The minimum absolute atomic E-state index is 0.142. The molecule has 8 heteroatoms. The second-order valence-electron chi connectivity index (χ2n) is 4.84. The minimum Gasteiger partial charge on any atom is -0.393 e. The number of amides is 1. The maximum absolute atomic E-state index is 11.8. The number of hydrogen-bond donors (Lipinski definition) is 3. The molecule has 18 heavy (non-hydrogen) atoms. The van der Waals surface area contributed by atoms with E-state index in [9.17, 15) is 13.2 Å². The molecule has 1 atom stereocenters. The van der Waals surface area contributed by atoms with Crippen LogP contribution in [0.1, 0.15) is 27.2 Å². The van der Waals surface area contributed by atoms with Gasteiger partial charge >= 0.3 is 0 Å². The molecule has 4 N–H and O–H groups in total. The molecule has 0 aromatic carbocycles. The second-order valence-corrected chi connectivity index (χ2v) is 7.06. The first-order valence-electron chi connectivity index (χ1n) is 5.54. The van der Waals surface area contributed by atoms with Crippen molar-refractivity contribution in [2.75, 3.05) is 12.8 Å². The standard InChI is InChI=1S/C10H21N3O3S2/c1-5-7(8(11)17)9(14)12-6-10(2,3)13-18(4,15)16/h7,13H,5-6H2,1-4H3,(H2,11,17)(H,12,14). The topological polar surface area (TPSA) is 101 Å². The van der Waals surface area contributed by atoms with Gasteiger partial charge in [-0.1, -0.05) is 19.1 Å². The Morgan fingerprint density at radius 1 is 1.44 bits per heavy atom. The molecule has 0 bridgehead atoms. The van der Waals surface area contributed by atoms with E-state index in [1.165, 1.54) is 0 Å². The van der Waals surface area contributed by atoms with Crippen LogP contribution in [0.5, 0.6) is 0 Å². The van der Waals surface area contributed by atoms with Crippen LogP contribution in [0, 0.1) is 5.92 Å². The maximum atomic E-state index is 11.8. The minimum atomic E-state index is -3.32. The van der Waals surface area contributed by atoms with E-state index in [1.54, 1.807) is 13.8 Å². The van der Waals surface area contributed by atoms with Crippen LogP contribution in [-0.2, 0) is 14.8 Å². The number of sulfonamides is 1. The second kappa shape index (κ2) is 6.44. The Kier molecular flexibility index (Phi) is 6.18. The molecule has 0 rings (SSSR count). The van der Waals surface area contributed by atoms with Crippen LogP contribution in [-0.4, -0.2) is 37.7 Å². The first kappa shape index (κ1) is 17.3. The van der Waals surface area contributed by atoms with Crippen LogP contribution < -0.4 is 15.8 Å². The van der Waals surface area contributed by atoms with Crippen LogP contribution in [0.25, 0.3) is 0 Å². The van der Waals surface area contributed by atoms with E-state index in [1.807, 2.05) is 6.92 Å². The number of rotatable bonds is 7. The van der Waals surface area contributed by atoms with E-state index in [0.717, 1.165) is 6.26 Å². The molecule has 0 aliphatic heterocycles. The molecule has 0 aromatic rings. The molecule has 0 saturated carbocycles. The Labute approximate surface area is 114 Å². The molecule has 0 heterocycles. The zero-order valence-corrected chi connectivity index (χ0v) is 12.7. The number of hydrogen-bond acceptors (Lipinski definition) is 4. The molecule has 0 aliphatic carbocycles. The summed E-state index contributed by atoms with van der Waals surface area (Å²) >= 11 is 4.79. The van der Waals surface area contributed by atoms with Gasteiger partial charge in [0.15, 0.2) is 0 Å². The molecule has 0 aromatic heterocycles. The Hall–Kier alpha value is -0.730. The van der Waals surface area contributed by atoms with Crippen molar-refractivity contribution in [3.63, 3.8) is 0 Å². The molecule has 0 fully saturated rings. The summed E-state index contributed by atoms with van der Waals surface area (Å²) in [6.45, 7) is 5.33. The molecule has 6 nitrogen and oxygen atoms in total. The average molecular weight is 295 g/mol. The average Bonchev–Trinajstić information content (AvgIpc) is 2.11. The van der Waals surface area contributed by atoms with Gasteiger partial charge in [-0.15, -0.1) is 0 Å². The SMILES string of the molecule is CCC(C(=O)NCC(C)(C)NS(C)(=O)=O)C(N)=S. The van der Waals surface area contributed by atoms with Gasteiger partial charge in [0.2, 0.25) is 15.9 Å². The Bertz CT molecular complexity index is 418. The lowest BCUT2D eigenvalue weighted by molar-refractivity contribution is -0.123. The number of thiocarbonyl (C=S) groups is 1. The van der Waals surface area contributed by atoms with Crippen LogP contribution in [0.3, 0.4) is 0 Å². The van der Waals surface area contributed by atoms with Crippen molar-refractivity contribution in [2.45, 2.75) is 32.7 Å². The third-order valence-electron chi connectivity index (χ3n) is 2.23. The fourth-order valence-corrected chi connectivity index (χ4v) is 2.83. The van der Waals surface area contributed by atoms with E-state index in [2.05, 4.69) is 10.0 Å². The highest BCUT2D eigenvalue weighted by atomic mass is 32.2.